The molecule has 1 heterocycles. The number of aryl methyl sites for hydroxylation is 1. The topological polar surface area (TPSA) is 35.6 Å². The van der Waals surface area contributed by atoms with E-state index in [1.54, 1.807) is 29.2 Å². The van der Waals surface area contributed by atoms with Gasteiger partial charge in [-0.3, -0.25) is 0 Å². The number of nitrogens with zero attached hydrogens (tertiary/aromatic N) is 2. The minimum Gasteiger partial charge on any atom is -0.368 e. The van der Waals surface area contributed by atoms with Crippen molar-refractivity contribution in [2.24, 2.45) is 0 Å². The van der Waals surface area contributed by atoms with Gasteiger partial charge in [0.2, 0.25) is 0 Å². The molecule has 0 aromatic heterocycles. The predicted molar refractivity (Wildman–Crippen MR) is 111 cm³/mol. The van der Waals surface area contributed by atoms with Gasteiger partial charge in [-0.1, -0.05) is 30.3 Å². The fourth-order valence-electron chi connectivity index (χ4n) is 3.13. The maximum atomic E-state index is 13.6. The summed E-state index contributed by atoms with van der Waals surface area (Å²) in [5.74, 6) is -0.305. The van der Waals surface area contributed by atoms with Gasteiger partial charge in [-0.25, -0.2) is 9.18 Å². The summed E-state index contributed by atoms with van der Waals surface area (Å²) in [5.41, 5.74) is 4.26. The van der Waals surface area contributed by atoms with Gasteiger partial charge in [0.15, 0.2) is 0 Å². The van der Waals surface area contributed by atoms with Crippen molar-refractivity contribution in [3.8, 4) is 0 Å². The van der Waals surface area contributed by atoms with E-state index in [9.17, 15) is 9.18 Å². The van der Waals surface area contributed by atoms with Crippen LogP contribution < -0.4 is 10.2 Å². The summed E-state index contributed by atoms with van der Waals surface area (Å²) in [7, 11) is 0. The van der Waals surface area contributed by atoms with Crippen molar-refractivity contribution in [3.05, 3.63) is 71.2 Å². The summed E-state index contributed by atoms with van der Waals surface area (Å²) in [6, 6.07) is 12.6. The lowest BCUT2D eigenvalue weighted by Crippen LogP contribution is -2.51. The molecular formula is C21H25ClFN3O. The molecule has 1 aliphatic rings. The van der Waals surface area contributed by atoms with E-state index in [1.165, 1.54) is 29.1 Å². The van der Waals surface area contributed by atoms with Crippen molar-refractivity contribution < 1.29 is 9.18 Å². The molecule has 1 fully saturated rings. The van der Waals surface area contributed by atoms with Gasteiger partial charge in [0.05, 0.1) is 0 Å². The van der Waals surface area contributed by atoms with Crippen LogP contribution in [0.15, 0.2) is 48.7 Å². The van der Waals surface area contributed by atoms with E-state index in [-0.39, 0.29) is 24.3 Å². The third-order valence-electron chi connectivity index (χ3n) is 4.86. The number of halogens is 2. The van der Waals surface area contributed by atoms with Crippen LogP contribution in [0.4, 0.5) is 14.9 Å². The summed E-state index contributed by atoms with van der Waals surface area (Å²) < 4.78 is 13.6. The number of carbonyl (C=O) groups is 1. The molecule has 2 amide bonds. The summed E-state index contributed by atoms with van der Waals surface area (Å²) in [6.07, 6.45) is 3.07. The molecule has 0 aliphatic carbocycles. The van der Waals surface area contributed by atoms with Gasteiger partial charge in [0.25, 0.3) is 0 Å². The number of hydrogen-bond donors (Lipinski definition) is 1. The maximum Gasteiger partial charge on any atom is 0.321 e. The Kier molecular flexibility index (Phi) is 7.25. The number of nitrogens with one attached hydrogen (secondary N) is 1. The molecule has 0 radical (unpaired) electrons. The minimum absolute atomic E-state index is 0. The lowest BCUT2D eigenvalue weighted by molar-refractivity contribution is 0.198. The first-order valence-electron chi connectivity index (χ1n) is 8.84. The fraction of sp³-hybridized carbons (Fsp3) is 0.286. The zero-order valence-corrected chi connectivity index (χ0v) is 16.4. The van der Waals surface area contributed by atoms with Crippen LogP contribution in [0.3, 0.4) is 0 Å². The quantitative estimate of drug-likeness (QED) is 0.846. The van der Waals surface area contributed by atoms with Crippen molar-refractivity contribution in [1.29, 1.82) is 0 Å². The normalized spacial score (nSPS) is 14.2. The zero-order chi connectivity index (χ0) is 18.5. The second-order valence-electron chi connectivity index (χ2n) is 6.50. The number of rotatable bonds is 3. The van der Waals surface area contributed by atoms with Crippen molar-refractivity contribution in [2.45, 2.75) is 13.8 Å². The monoisotopic (exact) mass is 389 g/mol. The number of benzene rings is 2. The maximum absolute atomic E-state index is 13.6. The molecule has 0 bridgehead atoms. The first-order valence-corrected chi connectivity index (χ1v) is 8.84. The van der Waals surface area contributed by atoms with Gasteiger partial charge in [0.1, 0.15) is 5.82 Å². The molecule has 0 atom stereocenters. The molecule has 0 unspecified atom stereocenters. The Morgan fingerprint density at radius 1 is 1.04 bits per heavy atom. The van der Waals surface area contributed by atoms with E-state index in [4.69, 9.17) is 0 Å². The number of anilines is 1. The van der Waals surface area contributed by atoms with Crippen molar-refractivity contribution in [1.82, 2.24) is 10.2 Å². The molecule has 0 spiro atoms. The van der Waals surface area contributed by atoms with E-state index in [2.05, 4.69) is 42.3 Å². The molecule has 1 N–H and O–H groups in total. The molecular weight excluding hydrogens is 365 g/mol. The Balaban J connectivity index is 0.00000261. The largest absolute Gasteiger partial charge is 0.368 e. The zero-order valence-electron chi connectivity index (χ0n) is 15.6. The lowest BCUT2D eigenvalue weighted by atomic mass is 10.1. The second-order valence-corrected chi connectivity index (χ2v) is 6.50. The van der Waals surface area contributed by atoms with Crippen LogP contribution in [0.5, 0.6) is 0 Å². The van der Waals surface area contributed by atoms with Crippen LogP contribution in [-0.2, 0) is 0 Å². The van der Waals surface area contributed by atoms with E-state index < -0.39 is 0 Å². The van der Waals surface area contributed by atoms with Gasteiger partial charge in [-0.05, 0) is 43.2 Å². The highest BCUT2D eigenvalue weighted by Gasteiger charge is 2.21. The lowest BCUT2D eigenvalue weighted by Gasteiger charge is -2.36. The first-order chi connectivity index (χ1) is 12.6. The molecule has 0 saturated carbocycles. The Hall–Kier alpha value is -2.53. The molecule has 4 nitrogen and oxygen atoms in total. The van der Waals surface area contributed by atoms with Crippen molar-refractivity contribution >= 4 is 30.2 Å². The molecule has 6 heteroatoms. The van der Waals surface area contributed by atoms with E-state index in [0.717, 1.165) is 13.1 Å². The van der Waals surface area contributed by atoms with Gasteiger partial charge in [0, 0.05) is 43.6 Å². The van der Waals surface area contributed by atoms with Crippen LogP contribution in [0.1, 0.15) is 16.7 Å². The Morgan fingerprint density at radius 3 is 2.44 bits per heavy atom. The van der Waals surface area contributed by atoms with Crippen molar-refractivity contribution in [3.63, 3.8) is 0 Å². The predicted octanol–water partition coefficient (Wildman–Crippen LogP) is 4.37. The molecule has 1 saturated heterocycles. The average molecular weight is 390 g/mol. The SMILES string of the molecule is Cc1cccc(N2CCN(C(=O)N/C=C/c3ccccc3F)CC2)c1C.Cl. The van der Waals surface area contributed by atoms with E-state index in [0.29, 0.717) is 18.7 Å². The van der Waals surface area contributed by atoms with Gasteiger partial charge < -0.3 is 15.1 Å². The molecule has 2 aromatic carbocycles. The van der Waals surface area contributed by atoms with Crippen molar-refractivity contribution in [2.75, 3.05) is 31.1 Å². The van der Waals surface area contributed by atoms with Gasteiger partial charge in [-0.15, -0.1) is 12.4 Å². The van der Waals surface area contributed by atoms with E-state index >= 15 is 0 Å². The highest BCUT2D eigenvalue weighted by Crippen LogP contribution is 2.23. The number of amides is 2. The Labute approximate surface area is 166 Å². The fourth-order valence-corrected chi connectivity index (χ4v) is 3.13. The van der Waals surface area contributed by atoms with Gasteiger partial charge in [-0.2, -0.15) is 0 Å². The van der Waals surface area contributed by atoms with Crippen LogP contribution in [0.2, 0.25) is 0 Å². The van der Waals surface area contributed by atoms with Crippen LogP contribution in [-0.4, -0.2) is 37.1 Å². The summed E-state index contributed by atoms with van der Waals surface area (Å²) >= 11 is 0. The highest BCUT2D eigenvalue weighted by molar-refractivity contribution is 5.85. The third kappa shape index (κ3) is 5.01. The van der Waals surface area contributed by atoms with Crippen LogP contribution in [0.25, 0.3) is 6.08 Å². The average Bonchev–Trinajstić information content (AvgIpc) is 2.65. The Morgan fingerprint density at radius 2 is 1.74 bits per heavy atom. The summed E-state index contributed by atoms with van der Waals surface area (Å²) in [4.78, 5) is 16.4. The standard InChI is InChI=1S/C21H24FN3O.ClH/c1-16-6-5-9-20(17(16)2)24-12-14-25(15-13-24)21(26)23-11-10-18-7-3-4-8-19(18)22;/h3-11H,12-15H2,1-2H3,(H,23,26);1H/b11-10+;. The molecule has 144 valence electrons. The molecule has 27 heavy (non-hydrogen) atoms. The highest BCUT2D eigenvalue weighted by atomic mass is 35.5. The summed E-state index contributed by atoms with van der Waals surface area (Å²) in [6.45, 7) is 7.17. The molecule has 1 aliphatic heterocycles. The molecule has 2 aromatic rings. The Bertz CT molecular complexity index is 817. The number of hydrogen-bond acceptors (Lipinski definition) is 2. The van der Waals surface area contributed by atoms with Crippen LogP contribution >= 0.6 is 12.4 Å². The number of carbonyl (C=O) groups excluding carboxylic acids is 1. The second kappa shape index (κ2) is 9.42. The van der Waals surface area contributed by atoms with Crippen LogP contribution in [0, 0.1) is 19.7 Å². The van der Waals surface area contributed by atoms with E-state index in [1.807, 2.05) is 0 Å². The first kappa shape index (κ1) is 20.8. The minimum atomic E-state index is -0.305. The smallest absolute Gasteiger partial charge is 0.321 e. The number of piperazine rings is 1. The third-order valence-corrected chi connectivity index (χ3v) is 4.86. The number of urea groups is 1. The molecule has 3 rings (SSSR count). The van der Waals surface area contributed by atoms with Gasteiger partial charge >= 0.3 is 6.03 Å². The summed E-state index contributed by atoms with van der Waals surface area (Å²) in [5, 5.41) is 2.72.